The lowest BCUT2D eigenvalue weighted by Crippen LogP contribution is -2.17. The molecule has 1 atom stereocenters. The summed E-state index contributed by atoms with van der Waals surface area (Å²) in [4.78, 5) is 0. The predicted octanol–water partition coefficient (Wildman–Crippen LogP) is 4.78. The van der Waals surface area contributed by atoms with E-state index in [1.54, 1.807) is 6.07 Å². The van der Waals surface area contributed by atoms with Crippen molar-refractivity contribution in [1.82, 2.24) is 9.78 Å². The van der Waals surface area contributed by atoms with E-state index in [0.29, 0.717) is 16.5 Å². The molecule has 114 valence electrons. The topological polar surface area (TPSA) is 43.8 Å². The van der Waals surface area contributed by atoms with Crippen molar-refractivity contribution < 1.29 is 0 Å². The van der Waals surface area contributed by atoms with Crippen LogP contribution in [0, 0.1) is 0 Å². The molecule has 2 N–H and O–H groups in total. The first-order chi connectivity index (χ1) is 9.99. The van der Waals surface area contributed by atoms with Gasteiger partial charge in [-0.05, 0) is 40.9 Å². The number of aryl methyl sites for hydroxylation is 2. The van der Waals surface area contributed by atoms with Gasteiger partial charge >= 0.3 is 0 Å². The molecule has 3 nitrogen and oxygen atoms in total. The van der Waals surface area contributed by atoms with Crippen LogP contribution < -0.4 is 5.73 Å². The second-order valence-electron chi connectivity index (χ2n) is 4.83. The standard InChI is InChI=1S/C15H18BrCl2N3/c1-3-12-14(16)13(21(4-2)20-12)8-11(19)9-6-5-7-10(17)15(9)18/h5-7,11H,3-4,8,19H2,1-2H3. The molecule has 0 saturated carbocycles. The fourth-order valence-electron chi connectivity index (χ4n) is 2.34. The third kappa shape index (κ3) is 3.45. The molecule has 2 aromatic rings. The monoisotopic (exact) mass is 389 g/mol. The SMILES string of the molecule is CCc1nn(CC)c(CC(N)c2cccc(Cl)c2Cl)c1Br. The van der Waals surface area contributed by atoms with Crippen molar-refractivity contribution >= 4 is 39.1 Å². The minimum absolute atomic E-state index is 0.223. The molecule has 0 saturated heterocycles. The van der Waals surface area contributed by atoms with Crippen molar-refractivity contribution in [2.45, 2.75) is 39.3 Å². The van der Waals surface area contributed by atoms with Crippen LogP contribution in [0.1, 0.15) is 36.8 Å². The third-order valence-electron chi connectivity index (χ3n) is 3.49. The zero-order chi connectivity index (χ0) is 15.6. The Morgan fingerprint density at radius 2 is 2.05 bits per heavy atom. The highest BCUT2D eigenvalue weighted by molar-refractivity contribution is 9.10. The fourth-order valence-corrected chi connectivity index (χ4v) is 3.51. The Kier molecular flexibility index (Phi) is 5.72. The molecule has 0 fully saturated rings. The molecule has 0 aliphatic heterocycles. The Hall–Kier alpha value is -0.550. The summed E-state index contributed by atoms with van der Waals surface area (Å²) < 4.78 is 3.03. The zero-order valence-corrected chi connectivity index (χ0v) is 15.1. The predicted molar refractivity (Wildman–Crippen MR) is 92.1 cm³/mol. The van der Waals surface area contributed by atoms with Gasteiger partial charge in [-0.1, -0.05) is 42.3 Å². The quantitative estimate of drug-likeness (QED) is 0.798. The normalized spacial score (nSPS) is 12.7. The molecule has 1 aromatic carbocycles. The number of hydrogen-bond donors (Lipinski definition) is 1. The smallest absolute Gasteiger partial charge is 0.0766 e. The van der Waals surface area contributed by atoms with Gasteiger partial charge in [0.1, 0.15) is 0 Å². The minimum atomic E-state index is -0.223. The maximum atomic E-state index is 6.33. The second kappa shape index (κ2) is 7.14. The van der Waals surface area contributed by atoms with E-state index in [2.05, 4.69) is 34.9 Å². The van der Waals surface area contributed by atoms with E-state index in [-0.39, 0.29) is 6.04 Å². The van der Waals surface area contributed by atoms with Gasteiger partial charge in [0.2, 0.25) is 0 Å². The number of rotatable bonds is 5. The van der Waals surface area contributed by atoms with Gasteiger partial charge in [-0.2, -0.15) is 5.10 Å². The van der Waals surface area contributed by atoms with Crippen LogP contribution in [-0.4, -0.2) is 9.78 Å². The van der Waals surface area contributed by atoms with Crippen LogP contribution in [0.3, 0.4) is 0 Å². The van der Waals surface area contributed by atoms with E-state index in [0.717, 1.165) is 34.4 Å². The summed E-state index contributed by atoms with van der Waals surface area (Å²) in [5, 5.41) is 5.65. The average molecular weight is 391 g/mol. The van der Waals surface area contributed by atoms with Crippen molar-refractivity contribution in [3.05, 3.63) is 49.7 Å². The molecular formula is C15H18BrCl2N3. The Labute approximate surface area is 143 Å². The minimum Gasteiger partial charge on any atom is -0.324 e. The summed E-state index contributed by atoms with van der Waals surface area (Å²) in [6.07, 6.45) is 1.54. The van der Waals surface area contributed by atoms with Crippen LogP contribution in [0.2, 0.25) is 10.0 Å². The van der Waals surface area contributed by atoms with Crippen molar-refractivity contribution in [3.8, 4) is 0 Å². The van der Waals surface area contributed by atoms with Gasteiger partial charge in [0, 0.05) is 19.0 Å². The van der Waals surface area contributed by atoms with E-state index in [1.807, 2.05) is 16.8 Å². The molecule has 21 heavy (non-hydrogen) atoms. The van der Waals surface area contributed by atoms with Gasteiger partial charge in [-0.15, -0.1) is 0 Å². The first-order valence-corrected chi connectivity index (χ1v) is 8.47. The molecular weight excluding hydrogens is 373 g/mol. The summed E-state index contributed by atoms with van der Waals surface area (Å²) in [5.74, 6) is 0. The number of hydrogen-bond acceptors (Lipinski definition) is 2. The summed E-state index contributed by atoms with van der Waals surface area (Å²) in [5.41, 5.74) is 9.34. The molecule has 0 radical (unpaired) electrons. The van der Waals surface area contributed by atoms with Gasteiger partial charge in [0.25, 0.3) is 0 Å². The second-order valence-corrected chi connectivity index (χ2v) is 6.41. The Balaban J connectivity index is 2.33. The van der Waals surface area contributed by atoms with Crippen LogP contribution in [0.4, 0.5) is 0 Å². The lowest BCUT2D eigenvalue weighted by atomic mass is 10.0. The Morgan fingerprint density at radius 1 is 1.33 bits per heavy atom. The van der Waals surface area contributed by atoms with Crippen molar-refractivity contribution in [3.63, 3.8) is 0 Å². The summed E-state index contributed by atoms with van der Waals surface area (Å²) in [7, 11) is 0. The molecule has 0 bridgehead atoms. The number of nitrogens with zero attached hydrogens (tertiary/aromatic N) is 2. The van der Waals surface area contributed by atoms with E-state index in [4.69, 9.17) is 28.9 Å². The van der Waals surface area contributed by atoms with Crippen molar-refractivity contribution in [1.29, 1.82) is 0 Å². The number of nitrogens with two attached hydrogens (primary N) is 1. The fraction of sp³-hybridized carbons (Fsp3) is 0.400. The third-order valence-corrected chi connectivity index (χ3v) is 5.24. The van der Waals surface area contributed by atoms with E-state index < -0.39 is 0 Å². The molecule has 1 heterocycles. The van der Waals surface area contributed by atoms with Crippen LogP contribution in [0.5, 0.6) is 0 Å². The van der Waals surface area contributed by atoms with Crippen LogP contribution >= 0.6 is 39.1 Å². The first kappa shape index (κ1) is 16.8. The molecule has 0 spiro atoms. The molecule has 0 amide bonds. The van der Waals surface area contributed by atoms with E-state index in [1.165, 1.54) is 0 Å². The molecule has 0 aliphatic carbocycles. The molecule has 2 rings (SSSR count). The lowest BCUT2D eigenvalue weighted by molar-refractivity contribution is 0.584. The summed E-state index contributed by atoms with van der Waals surface area (Å²) >= 11 is 16.0. The first-order valence-electron chi connectivity index (χ1n) is 6.93. The van der Waals surface area contributed by atoms with Gasteiger partial charge < -0.3 is 5.73 Å². The molecule has 1 unspecified atom stereocenters. The van der Waals surface area contributed by atoms with Crippen molar-refractivity contribution in [2.24, 2.45) is 5.73 Å². The van der Waals surface area contributed by atoms with Gasteiger partial charge in [-0.25, -0.2) is 0 Å². The maximum Gasteiger partial charge on any atom is 0.0766 e. The zero-order valence-electron chi connectivity index (χ0n) is 12.0. The van der Waals surface area contributed by atoms with Crippen LogP contribution in [0.25, 0.3) is 0 Å². The largest absolute Gasteiger partial charge is 0.324 e. The van der Waals surface area contributed by atoms with Crippen molar-refractivity contribution in [2.75, 3.05) is 0 Å². The maximum absolute atomic E-state index is 6.33. The van der Waals surface area contributed by atoms with E-state index in [9.17, 15) is 0 Å². The Bertz CT molecular complexity index is 640. The lowest BCUT2D eigenvalue weighted by Gasteiger charge is -2.15. The molecule has 6 heteroatoms. The van der Waals surface area contributed by atoms with Crippen LogP contribution in [0.15, 0.2) is 22.7 Å². The highest BCUT2D eigenvalue weighted by Gasteiger charge is 2.19. The Morgan fingerprint density at radius 3 is 2.67 bits per heavy atom. The van der Waals surface area contributed by atoms with Gasteiger partial charge in [-0.3, -0.25) is 4.68 Å². The highest BCUT2D eigenvalue weighted by Crippen LogP contribution is 2.32. The summed E-state index contributed by atoms with van der Waals surface area (Å²) in [6, 6.07) is 5.33. The van der Waals surface area contributed by atoms with E-state index >= 15 is 0 Å². The van der Waals surface area contributed by atoms with Gasteiger partial charge in [0.05, 0.1) is 25.9 Å². The number of halogens is 3. The number of benzene rings is 1. The summed E-state index contributed by atoms with van der Waals surface area (Å²) in [6.45, 7) is 4.97. The highest BCUT2D eigenvalue weighted by atomic mass is 79.9. The van der Waals surface area contributed by atoms with Gasteiger partial charge in [0.15, 0.2) is 0 Å². The molecule has 1 aromatic heterocycles. The van der Waals surface area contributed by atoms with Crippen LogP contribution in [-0.2, 0) is 19.4 Å². The number of aromatic nitrogens is 2. The molecule has 0 aliphatic rings. The average Bonchev–Trinajstić information content (AvgIpc) is 2.78.